The Balaban J connectivity index is 0.000000248. The van der Waals surface area contributed by atoms with Crippen LogP contribution in [-0.4, -0.2) is 70.4 Å². The Morgan fingerprint density at radius 1 is 0.770 bits per heavy atom. The van der Waals surface area contributed by atoms with Crippen LogP contribution in [0.5, 0.6) is 0 Å². The molecule has 0 aliphatic heterocycles. The number of fused-ring (bicyclic) bond motifs is 2. The maximum Gasteiger partial charge on any atom is 0.251 e. The summed E-state index contributed by atoms with van der Waals surface area (Å²) in [4.78, 5) is 40.7. The summed E-state index contributed by atoms with van der Waals surface area (Å²) >= 11 is 6.75. The Hall–Kier alpha value is -6.92. The van der Waals surface area contributed by atoms with Gasteiger partial charge in [0, 0.05) is 90.4 Å². The molecular formula is C62H76ClN9O2. The second-order valence-corrected chi connectivity index (χ2v) is 19.4. The molecule has 0 fully saturated rings. The zero-order valence-electron chi connectivity index (χ0n) is 44.4. The van der Waals surface area contributed by atoms with Crippen LogP contribution >= 0.6 is 11.6 Å². The second kappa shape index (κ2) is 29.1. The number of aryl methyl sites for hydroxylation is 3. The number of carbonyl (C=O) groups excluding carboxylic acids is 2. The van der Waals surface area contributed by atoms with Crippen molar-refractivity contribution in [3.8, 4) is 33.4 Å². The summed E-state index contributed by atoms with van der Waals surface area (Å²) in [5.74, 6) is 1.37. The fourth-order valence-corrected chi connectivity index (χ4v) is 9.38. The van der Waals surface area contributed by atoms with Gasteiger partial charge in [0.2, 0.25) is 0 Å². The lowest BCUT2D eigenvalue weighted by Crippen LogP contribution is -2.25. The molecule has 0 aliphatic rings. The number of hydrogen-bond donors (Lipinski definition) is 5. The number of hydrogen-bond acceptors (Lipinski definition) is 8. The van der Waals surface area contributed by atoms with Gasteiger partial charge in [-0.2, -0.15) is 0 Å². The Bertz CT molecular complexity index is 3060. The van der Waals surface area contributed by atoms with Gasteiger partial charge in [0.05, 0.1) is 16.1 Å². The van der Waals surface area contributed by atoms with Crippen molar-refractivity contribution in [3.05, 3.63) is 167 Å². The Labute approximate surface area is 443 Å². The van der Waals surface area contributed by atoms with E-state index in [1.54, 1.807) is 18.5 Å². The number of unbranched alkanes of at least 4 members (excludes halogenated alkanes) is 9. The molecule has 6 N–H and O–H groups in total. The molecule has 0 unspecified atom stereocenters. The second-order valence-electron chi connectivity index (χ2n) is 19.0. The van der Waals surface area contributed by atoms with Crippen LogP contribution in [-0.2, 0) is 19.9 Å². The monoisotopic (exact) mass is 1010 g/mol. The van der Waals surface area contributed by atoms with E-state index in [0.29, 0.717) is 29.5 Å². The van der Waals surface area contributed by atoms with Crippen molar-refractivity contribution in [1.29, 1.82) is 0 Å². The molecule has 0 radical (unpaired) electrons. The van der Waals surface area contributed by atoms with E-state index in [4.69, 9.17) is 22.3 Å². The molecule has 4 aromatic carbocycles. The quantitative estimate of drug-likeness (QED) is 0.0241. The van der Waals surface area contributed by atoms with Crippen molar-refractivity contribution in [2.45, 2.75) is 97.8 Å². The molecule has 74 heavy (non-hydrogen) atoms. The van der Waals surface area contributed by atoms with Crippen LogP contribution in [0.2, 0.25) is 5.02 Å². The summed E-state index contributed by atoms with van der Waals surface area (Å²) in [6.07, 6.45) is 22.1. The number of halogens is 1. The van der Waals surface area contributed by atoms with Gasteiger partial charge < -0.3 is 31.2 Å². The van der Waals surface area contributed by atoms with Gasteiger partial charge >= 0.3 is 0 Å². The molecule has 11 nitrogen and oxygen atoms in total. The molecule has 0 bridgehead atoms. The van der Waals surface area contributed by atoms with Crippen molar-refractivity contribution in [2.75, 3.05) is 39.5 Å². The van der Waals surface area contributed by atoms with Crippen LogP contribution in [0, 0.1) is 13.8 Å². The summed E-state index contributed by atoms with van der Waals surface area (Å²) in [5.41, 5.74) is 20.6. The number of aromatic nitrogens is 5. The van der Waals surface area contributed by atoms with E-state index in [0.717, 1.165) is 118 Å². The number of carbonyl (C=O) groups is 2. The van der Waals surface area contributed by atoms with Crippen molar-refractivity contribution >= 4 is 51.5 Å². The van der Waals surface area contributed by atoms with Crippen LogP contribution in [0.3, 0.4) is 0 Å². The fraction of sp³-hybridized carbons (Fsp3) is 0.339. The lowest BCUT2D eigenvalue weighted by Gasteiger charge is -2.16. The number of amides is 1. The average molecular weight is 1010 g/mol. The van der Waals surface area contributed by atoms with Crippen LogP contribution in [0.15, 0.2) is 122 Å². The number of likely N-dealkylation sites (N-methyl/N-ethyl adjacent to an activating group) is 2. The number of aldehydes is 1. The molecule has 0 spiro atoms. The first-order valence-corrected chi connectivity index (χ1v) is 26.6. The summed E-state index contributed by atoms with van der Waals surface area (Å²) in [7, 11) is 5.93. The number of benzene rings is 4. The highest BCUT2D eigenvalue weighted by atomic mass is 35.5. The smallest absolute Gasteiger partial charge is 0.251 e. The number of anilines is 1. The van der Waals surface area contributed by atoms with Gasteiger partial charge in [0.15, 0.2) is 6.29 Å². The van der Waals surface area contributed by atoms with E-state index in [1.807, 2.05) is 58.4 Å². The van der Waals surface area contributed by atoms with Crippen molar-refractivity contribution in [1.82, 2.24) is 40.5 Å². The Morgan fingerprint density at radius 2 is 1.46 bits per heavy atom. The fourth-order valence-electron chi connectivity index (χ4n) is 9.11. The molecule has 0 saturated carbocycles. The highest BCUT2D eigenvalue weighted by Gasteiger charge is 2.17. The van der Waals surface area contributed by atoms with Crippen LogP contribution in [0.25, 0.3) is 55.3 Å². The summed E-state index contributed by atoms with van der Waals surface area (Å²) in [6, 6.07) is 30.5. The van der Waals surface area contributed by atoms with Gasteiger partial charge in [-0.1, -0.05) is 124 Å². The number of nitrogens with zero attached hydrogens (tertiary/aromatic N) is 4. The maximum absolute atomic E-state index is 13.0. The minimum Gasteiger partial charge on any atom is -0.383 e. The van der Waals surface area contributed by atoms with Gasteiger partial charge in [-0.15, -0.1) is 6.58 Å². The van der Waals surface area contributed by atoms with E-state index in [9.17, 15) is 9.59 Å². The number of H-pyrrole nitrogens is 1. The van der Waals surface area contributed by atoms with E-state index in [-0.39, 0.29) is 5.91 Å². The van der Waals surface area contributed by atoms with Crippen LogP contribution < -0.4 is 21.7 Å². The number of pyridine rings is 2. The Morgan fingerprint density at radius 3 is 2.12 bits per heavy atom. The highest BCUT2D eigenvalue weighted by molar-refractivity contribution is 6.34. The zero-order chi connectivity index (χ0) is 52.8. The highest BCUT2D eigenvalue weighted by Crippen LogP contribution is 2.36. The number of nitrogens with one attached hydrogen (secondary N) is 4. The first-order valence-electron chi connectivity index (χ1n) is 26.3. The van der Waals surface area contributed by atoms with Gasteiger partial charge in [-0.3, -0.25) is 14.6 Å². The van der Waals surface area contributed by atoms with Gasteiger partial charge in [0.25, 0.3) is 5.91 Å². The molecule has 8 aromatic rings. The first-order chi connectivity index (χ1) is 36.0. The van der Waals surface area contributed by atoms with E-state index in [1.165, 1.54) is 61.4 Å². The van der Waals surface area contributed by atoms with E-state index in [2.05, 4.69) is 123 Å². The topological polar surface area (TPSA) is 156 Å². The van der Waals surface area contributed by atoms with Crippen molar-refractivity contribution in [2.24, 2.45) is 7.05 Å². The Kier molecular flexibility index (Phi) is 22.2. The van der Waals surface area contributed by atoms with Gasteiger partial charge in [-0.05, 0) is 124 Å². The zero-order valence-corrected chi connectivity index (χ0v) is 45.2. The normalized spacial score (nSPS) is 11.0. The molecule has 12 heteroatoms. The van der Waals surface area contributed by atoms with Crippen molar-refractivity contribution in [3.63, 3.8) is 0 Å². The molecule has 0 atom stereocenters. The summed E-state index contributed by atoms with van der Waals surface area (Å²) in [6.45, 7) is 12.8. The molecule has 388 valence electrons. The number of aromatic amines is 1. The third kappa shape index (κ3) is 15.8. The molecular weight excluding hydrogens is 938 g/mol. The lowest BCUT2D eigenvalue weighted by atomic mass is 9.92. The molecule has 4 aromatic heterocycles. The SMILES string of the molecule is C=CCCCCCCCCCCCNC(=O)c1cc(Cc2nc3cc(-c4ccc5c(ccn5C)c4)c(Cl)cc3[nH]2)ccc1C.CCc1c(-c2ccc(C=O)nc2)cnc(N)c1-c1ccc(C)cc1.CNCCNC. The molecule has 4 heterocycles. The first kappa shape index (κ1) is 56.4. The minimum atomic E-state index is 0.000267. The van der Waals surface area contributed by atoms with E-state index >= 15 is 0 Å². The number of rotatable bonds is 23. The van der Waals surface area contributed by atoms with Gasteiger partial charge in [-0.25, -0.2) is 9.97 Å². The third-order valence-electron chi connectivity index (χ3n) is 13.4. The predicted molar refractivity (Wildman–Crippen MR) is 310 cm³/mol. The molecule has 8 rings (SSSR count). The molecule has 0 saturated heterocycles. The average Bonchev–Trinajstić information content (AvgIpc) is 3.99. The van der Waals surface area contributed by atoms with Gasteiger partial charge in [0.1, 0.15) is 17.3 Å². The molecule has 0 aliphatic carbocycles. The molecule has 1 amide bonds. The number of imidazole rings is 1. The number of nitrogens with two attached hydrogens (primary N) is 1. The summed E-state index contributed by atoms with van der Waals surface area (Å²) in [5, 5.41) is 11.0. The third-order valence-corrected chi connectivity index (χ3v) is 13.7. The maximum atomic E-state index is 13.0. The van der Waals surface area contributed by atoms with E-state index < -0.39 is 0 Å². The standard InChI is InChI=1S/C38H45ClN4O.C20H19N3O.C4H12N2/c1-4-5-6-7-8-9-10-11-12-13-14-20-40-38(44)31-22-28(16-15-27(31)2)23-37-41-34-25-32(33(39)26-35(34)42-37)29-17-18-36-30(24-29)19-21-43(36)3;1-3-17-18(15-8-9-16(12-24)22-10-15)11-23-20(21)19(17)14-6-4-13(2)5-7-14;1-5-3-4-6-2/h4,15-19,21-22,24-26H,1,5-14,20,23H2,2-3H3,(H,40,44)(H,41,42);4-12H,3H2,1-2H3,(H2,21,23);5-6H,3-4H2,1-2H3. The van der Waals surface area contributed by atoms with Crippen LogP contribution in [0.1, 0.15) is 120 Å². The summed E-state index contributed by atoms with van der Waals surface area (Å²) < 4.78 is 2.11. The number of allylic oxidation sites excluding steroid dienone is 1. The number of nitrogen functional groups attached to an aromatic ring is 1. The van der Waals surface area contributed by atoms with Crippen molar-refractivity contribution < 1.29 is 9.59 Å². The largest absolute Gasteiger partial charge is 0.383 e. The predicted octanol–water partition coefficient (Wildman–Crippen LogP) is 13.6. The van der Waals surface area contributed by atoms with Crippen LogP contribution in [0.4, 0.5) is 5.82 Å². The lowest BCUT2D eigenvalue weighted by molar-refractivity contribution is 0.0951. The minimum absolute atomic E-state index is 0.000267.